The predicted octanol–water partition coefficient (Wildman–Crippen LogP) is 2.18. The molecule has 0 aliphatic heterocycles. The lowest BCUT2D eigenvalue weighted by atomic mass is 9.88. The molecule has 0 fully saturated rings. The molecule has 98 valence electrons. The molecule has 0 atom stereocenters. The summed E-state index contributed by atoms with van der Waals surface area (Å²) in [5.41, 5.74) is 7.95. The Morgan fingerprint density at radius 2 is 2.00 bits per heavy atom. The van der Waals surface area contributed by atoms with Crippen molar-refractivity contribution in [1.29, 1.82) is 0 Å². The third-order valence-electron chi connectivity index (χ3n) is 3.24. The average molecular weight is 239 g/mol. The van der Waals surface area contributed by atoms with Crippen molar-refractivity contribution in [1.82, 2.24) is 9.78 Å². The van der Waals surface area contributed by atoms with Gasteiger partial charge in [0, 0.05) is 7.05 Å². The molecular weight excluding hydrogens is 214 g/mol. The summed E-state index contributed by atoms with van der Waals surface area (Å²) in [5.74, 6) is 0.929. The Morgan fingerprint density at radius 3 is 2.47 bits per heavy atom. The molecule has 0 saturated carbocycles. The van der Waals surface area contributed by atoms with Crippen LogP contribution >= 0.6 is 0 Å². The number of aromatic nitrogens is 2. The van der Waals surface area contributed by atoms with Gasteiger partial charge in [0.2, 0.25) is 0 Å². The fraction of sp³-hybridized carbons (Fsp3) is 0.769. The molecule has 1 aromatic rings. The molecule has 1 aromatic heterocycles. The Bertz CT molecular complexity index is 369. The van der Waals surface area contributed by atoms with Gasteiger partial charge in [0.05, 0.1) is 12.3 Å². The number of rotatable bonds is 6. The summed E-state index contributed by atoms with van der Waals surface area (Å²) in [6.45, 7) is 9.83. The van der Waals surface area contributed by atoms with Crippen LogP contribution in [0.5, 0.6) is 5.75 Å². The van der Waals surface area contributed by atoms with E-state index in [1.807, 2.05) is 25.6 Å². The van der Waals surface area contributed by atoms with Crippen molar-refractivity contribution in [3.05, 3.63) is 11.4 Å². The molecule has 0 spiro atoms. The lowest BCUT2D eigenvalue weighted by Gasteiger charge is -2.21. The standard InChI is InChI=1S/C13H25N3O/c1-10-12(11(2)16(5)15-10)17-8-6-7-13(3,4)9-14/h6-9,14H2,1-5H3. The summed E-state index contributed by atoms with van der Waals surface area (Å²) in [4.78, 5) is 0. The SMILES string of the molecule is Cc1nn(C)c(C)c1OCCCC(C)(C)CN. The zero-order valence-corrected chi connectivity index (χ0v) is 11.7. The van der Waals surface area contributed by atoms with E-state index in [0.717, 1.165) is 43.1 Å². The number of hydrogen-bond acceptors (Lipinski definition) is 3. The minimum Gasteiger partial charge on any atom is -0.490 e. The topological polar surface area (TPSA) is 53.1 Å². The Kier molecular flexibility index (Phi) is 4.57. The second kappa shape index (κ2) is 5.54. The average Bonchev–Trinajstić information content (AvgIpc) is 2.50. The fourth-order valence-electron chi connectivity index (χ4n) is 1.79. The van der Waals surface area contributed by atoms with Gasteiger partial charge in [-0.3, -0.25) is 4.68 Å². The first-order valence-corrected chi connectivity index (χ1v) is 6.20. The maximum Gasteiger partial charge on any atom is 0.162 e. The van der Waals surface area contributed by atoms with Crippen LogP contribution in [0.25, 0.3) is 0 Å². The molecule has 0 amide bonds. The highest BCUT2D eigenvalue weighted by Crippen LogP contribution is 2.23. The summed E-state index contributed by atoms with van der Waals surface area (Å²) >= 11 is 0. The first-order chi connectivity index (χ1) is 7.87. The van der Waals surface area contributed by atoms with Crippen LogP contribution in [0.1, 0.15) is 38.1 Å². The first kappa shape index (κ1) is 14.0. The second-order valence-electron chi connectivity index (χ2n) is 5.44. The first-order valence-electron chi connectivity index (χ1n) is 6.20. The van der Waals surface area contributed by atoms with Crippen LogP contribution in [0.3, 0.4) is 0 Å². The smallest absolute Gasteiger partial charge is 0.162 e. The normalized spacial score (nSPS) is 11.9. The molecule has 1 rings (SSSR count). The molecule has 2 N–H and O–H groups in total. The van der Waals surface area contributed by atoms with Gasteiger partial charge in [-0.05, 0) is 38.6 Å². The van der Waals surface area contributed by atoms with E-state index in [1.54, 1.807) is 0 Å². The predicted molar refractivity (Wildman–Crippen MR) is 70.2 cm³/mol. The van der Waals surface area contributed by atoms with Crippen molar-refractivity contribution in [2.24, 2.45) is 18.2 Å². The molecule has 0 aliphatic carbocycles. The second-order valence-corrected chi connectivity index (χ2v) is 5.44. The lowest BCUT2D eigenvalue weighted by Crippen LogP contribution is -2.24. The third-order valence-corrected chi connectivity index (χ3v) is 3.24. The van der Waals surface area contributed by atoms with Crippen molar-refractivity contribution in [2.75, 3.05) is 13.2 Å². The van der Waals surface area contributed by atoms with E-state index in [1.165, 1.54) is 0 Å². The van der Waals surface area contributed by atoms with Gasteiger partial charge in [0.1, 0.15) is 5.69 Å². The highest BCUT2D eigenvalue weighted by molar-refractivity contribution is 5.31. The Labute approximate surface area is 104 Å². The van der Waals surface area contributed by atoms with Gasteiger partial charge in [0.25, 0.3) is 0 Å². The van der Waals surface area contributed by atoms with Gasteiger partial charge in [-0.25, -0.2) is 0 Å². The van der Waals surface area contributed by atoms with Gasteiger partial charge < -0.3 is 10.5 Å². The quantitative estimate of drug-likeness (QED) is 0.774. The molecule has 0 unspecified atom stereocenters. The molecule has 0 saturated heterocycles. The number of nitrogens with two attached hydrogens (primary N) is 1. The minimum atomic E-state index is 0.211. The van der Waals surface area contributed by atoms with Crippen LogP contribution in [0.4, 0.5) is 0 Å². The van der Waals surface area contributed by atoms with E-state index in [4.69, 9.17) is 10.5 Å². The van der Waals surface area contributed by atoms with Crippen LogP contribution in [0.2, 0.25) is 0 Å². The molecule has 0 radical (unpaired) electrons. The number of hydrogen-bond donors (Lipinski definition) is 1. The van der Waals surface area contributed by atoms with E-state index in [2.05, 4.69) is 18.9 Å². The van der Waals surface area contributed by atoms with E-state index < -0.39 is 0 Å². The Morgan fingerprint density at radius 1 is 1.35 bits per heavy atom. The largest absolute Gasteiger partial charge is 0.490 e. The van der Waals surface area contributed by atoms with Crippen molar-refractivity contribution >= 4 is 0 Å². The molecule has 0 bridgehead atoms. The van der Waals surface area contributed by atoms with Gasteiger partial charge in [0.15, 0.2) is 5.75 Å². The zero-order valence-electron chi connectivity index (χ0n) is 11.7. The molecule has 0 aliphatic rings. The van der Waals surface area contributed by atoms with Crippen molar-refractivity contribution in [3.8, 4) is 5.75 Å². The maximum atomic E-state index is 5.80. The summed E-state index contributed by atoms with van der Waals surface area (Å²) in [6, 6.07) is 0. The van der Waals surface area contributed by atoms with E-state index in [0.29, 0.717) is 0 Å². The fourth-order valence-corrected chi connectivity index (χ4v) is 1.79. The molecule has 17 heavy (non-hydrogen) atoms. The number of aryl methyl sites for hydroxylation is 2. The molecular formula is C13H25N3O. The monoisotopic (exact) mass is 239 g/mol. The summed E-state index contributed by atoms with van der Waals surface area (Å²) in [5, 5.41) is 4.33. The summed E-state index contributed by atoms with van der Waals surface area (Å²) < 4.78 is 7.66. The third kappa shape index (κ3) is 3.73. The van der Waals surface area contributed by atoms with Crippen LogP contribution in [0, 0.1) is 19.3 Å². The molecule has 4 heteroatoms. The molecule has 1 heterocycles. The summed E-state index contributed by atoms with van der Waals surface area (Å²) in [6.07, 6.45) is 2.11. The number of ether oxygens (including phenoxy) is 1. The van der Waals surface area contributed by atoms with Crippen molar-refractivity contribution in [3.63, 3.8) is 0 Å². The van der Waals surface area contributed by atoms with Crippen molar-refractivity contribution < 1.29 is 4.74 Å². The molecule has 4 nitrogen and oxygen atoms in total. The van der Waals surface area contributed by atoms with Gasteiger partial charge in [-0.2, -0.15) is 5.10 Å². The molecule has 0 aromatic carbocycles. The maximum absolute atomic E-state index is 5.80. The minimum absolute atomic E-state index is 0.211. The van der Waals surface area contributed by atoms with E-state index >= 15 is 0 Å². The zero-order chi connectivity index (χ0) is 13.1. The lowest BCUT2D eigenvalue weighted by molar-refractivity contribution is 0.259. The highest BCUT2D eigenvalue weighted by Gasteiger charge is 2.15. The van der Waals surface area contributed by atoms with E-state index in [9.17, 15) is 0 Å². The Hall–Kier alpha value is -1.03. The van der Waals surface area contributed by atoms with Crippen LogP contribution in [0.15, 0.2) is 0 Å². The van der Waals surface area contributed by atoms with Crippen LogP contribution in [-0.2, 0) is 7.05 Å². The van der Waals surface area contributed by atoms with Crippen LogP contribution in [-0.4, -0.2) is 22.9 Å². The van der Waals surface area contributed by atoms with Gasteiger partial charge in [-0.15, -0.1) is 0 Å². The van der Waals surface area contributed by atoms with Gasteiger partial charge in [-0.1, -0.05) is 13.8 Å². The highest BCUT2D eigenvalue weighted by atomic mass is 16.5. The number of nitrogens with zero attached hydrogens (tertiary/aromatic N) is 2. The van der Waals surface area contributed by atoms with Crippen molar-refractivity contribution in [2.45, 2.75) is 40.5 Å². The summed E-state index contributed by atoms with van der Waals surface area (Å²) in [7, 11) is 1.94. The van der Waals surface area contributed by atoms with Gasteiger partial charge >= 0.3 is 0 Å². The Balaban J connectivity index is 2.41. The van der Waals surface area contributed by atoms with E-state index in [-0.39, 0.29) is 5.41 Å². The van der Waals surface area contributed by atoms with Crippen LogP contribution < -0.4 is 10.5 Å².